The fourth-order valence-corrected chi connectivity index (χ4v) is 1.39. The van der Waals surface area contributed by atoms with Crippen LogP contribution in [0.2, 0.25) is 0 Å². The largest absolute Gasteiger partial charge is 0.147 e. The molecule has 0 amide bonds. The van der Waals surface area contributed by atoms with Gasteiger partial charge in [-0.2, -0.15) is 0 Å². The van der Waals surface area contributed by atoms with Crippen LogP contribution < -0.4 is 0 Å². The maximum atomic E-state index is 3.33. The molecule has 0 aliphatic carbocycles. The Balaban J connectivity index is 2.76. The molecule has 0 N–H and O–H groups in total. The minimum Gasteiger partial charge on any atom is -0.147 e. The molecule has 1 heterocycles. The smallest absolute Gasteiger partial charge is 0.0377 e. The van der Waals surface area contributed by atoms with Crippen molar-refractivity contribution >= 4 is 27.3 Å². The third-order valence-corrected chi connectivity index (χ3v) is 2.45. The molecule has 0 saturated carbocycles. The van der Waals surface area contributed by atoms with Gasteiger partial charge in [0.2, 0.25) is 0 Å². The predicted molar refractivity (Wildman–Crippen MR) is 35.8 cm³/mol. The van der Waals surface area contributed by atoms with Crippen LogP contribution in [0.25, 0.3) is 0 Å². The van der Waals surface area contributed by atoms with Crippen molar-refractivity contribution in [2.24, 2.45) is 0 Å². The molecule has 2 heteroatoms. The molecule has 0 spiro atoms. The maximum absolute atomic E-state index is 3.33. The Bertz CT molecular complexity index is 123. The lowest BCUT2D eigenvalue weighted by Crippen LogP contribution is -1.57. The van der Waals surface area contributed by atoms with Crippen LogP contribution in [-0.4, -0.2) is 0 Å². The van der Waals surface area contributed by atoms with E-state index in [1.165, 1.54) is 4.88 Å². The van der Waals surface area contributed by atoms with E-state index in [4.69, 9.17) is 0 Å². The zero-order valence-corrected chi connectivity index (χ0v) is 6.05. The number of alkyl halides is 1. The zero-order chi connectivity index (χ0) is 5.11. The Kier molecular flexibility index (Phi) is 1.88. The molecule has 0 aromatic carbocycles. The molecule has 0 unspecified atom stereocenters. The summed E-state index contributed by atoms with van der Waals surface area (Å²) >= 11 is 5.05. The lowest BCUT2D eigenvalue weighted by atomic mass is 10.5. The van der Waals surface area contributed by atoms with Crippen LogP contribution in [0.3, 0.4) is 0 Å². The van der Waals surface area contributed by atoms with Gasteiger partial charge in [-0.15, -0.1) is 11.3 Å². The van der Waals surface area contributed by atoms with Gasteiger partial charge in [0.15, 0.2) is 0 Å². The van der Waals surface area contributed by atoms with E-state index in [0.717, 1.165) is 5.33 Å². The molecular formula is C5H4BrS. The summed E-state index contributed by atoms with van der Waals surface area (Å²) in [6.45, 7) is 0. The monoisotopic (exact) mass is 175 g/mol. The molecular weight excluding hydrogens is 172 g/mol. The van der Waals surface area contributed by atoms with Crippen molar-refractivity contribution in [1.82, 2.24) is 0 Å². The third kappa shape index (κ3) is 1.28. The molecule has 1 aromatic heterocycles. The number of rotatable bonds is 1. The summed E-state index contributed by atoms with van der Waals surface area (Å²) < 4.78 is 0. The van der Waals surface area contributed by atoms with Crippen molar-refractivity contribution in [3.8, 4) is 0 Å². The minimum atomic E-state index is 0.959. The zero-order valence-electron chi connectivity index (χ0n) is 3.65. The highest BCUT2D eigenvalue weighted by molar-refractivity contribution is 9.08. The quantitative estimate of drug-likeness (QED) is 0.576. The van der Waals surface area contributed by atoms with Crippen molar-refractivity contribution < 1.29 is 0 Å². The molecule has 0 aliphatic rings. The lowest BCUT2D eigenvalue weighted by Gasteiger charge is -1.76. The molecule has 0 fully saturated rings. The van der Waals surface area contributed by atoms with Gasteiger partial charge < -0.3 is 0 Å². The number of halogens is 1. The standard InChI is InChI=1S/C5H4BrS/c6-4-5-2-1-3-7-5/h2-3H,4H2. The van der Waals surface area contributed by atoms with Crippen LogP contribution in [0, 0.1) is 6.07 Å². The van der Waals surface area contributed by atoms with Gasteiger partial charge in [0.1, 0.15) is 0 Å². The Morgan fingerprint density at radius 1 is 1.86 bits per heavy atom. The van der Waals surface area contributed by atoms with E-state index in [2.05, 4.69) is 22.0 Å². The van der Waals surface area contributed by atoms with E-state index >= 15 is 0 Å². The van der Waals surface area contributed by atoms with Crippen LogP contribution in [0.5, 0.6) is 0 Å². The summed E-state index contributed by atoms with van der Waals surface area (Å²) in [6.07, 6.45) is 0. The molecule has 0 atom stereocenters. The van der Waals surface area contributed by atoms with Crippen molar-refractivity contribution in [3.05, 3.63) is 22.4 Å². The van der Waals surface area contributed by atoms with Gasteiger partial charge in [0.25, 0.3) is 0 Å². The van der Waals surface area contributed by atoms with E-state index in [-0.39, 0.29) is 0 Å². The second kappa shape index (κ2) is 2.48. The van der Waals surface area contributed by atoms with E-state index in [1.807, 2.05) is 11.4 Å². The number of hydrogen-bond donors (Lipinski definition) is 0. The number of thiophene rings is 1. The SMILES string of the molecule is BrCc1c[c]cs1. The van der Waals surface area contributed by atoms with Gasteiger partial charge in [0, 0.05) is 10.2 Å². The summed E-state index contributed by atoms with van der Waals surface area (Å²) in [7, 11) is 0. The average Bonchev–Trinajstić information content (AvgIpc) is 2.14. The lowest BCUT2D eigenvalue weighted by molar-refractivity contribution is 1.58. The highest BCUT2D eigenvalue weighted by atomic mass is 79.9. The van der Waals surface area contributed by atoms with Gasteiger partial charge in [-0.05, 0) is 17.5 Å². The van der Waals surface area contributed by atoms with Crippen LogP contribution in [0.4, 0.5) is 0 Å². The average molecular weight is 176 g/mol. The Morgan fingerprint density at radius 2 is 2.71 bits per heavy atom. The maximum Gasteiger partial charge on any atom is 0.0377 e. The topological polar surface area (TPSA) is 0 Å². The summed E-state index contributed by atoms with van der Waals surface area (Å²) in [4.78, 5) is 1.33. The third-order valence-electron chi connectivity index (χ3n) is 0.654. The summed E-state index contributed by atoms with van der Waals surface area (Å²) in [5.41, 5.74) is 0. The van der Waals surface area contributed by atoms with Crippen LogP contribution in [0.15, 0.2) is 11.4 Å². The number of hydrogen-bond acceptors (Lipinski definition) is 1. The summed E-state index contributed by atoms with van der Waals surface area (Å²) in [5.74, 6) is 0. The molecule has 0 aliphatic heterocycles. The molecule has 7 heavy (non-hydrogen) atoms. The fourth-order valence-electron chi connectivity index (χ4n) is 0.341. The molecule has 1 rings (SSSR count). The Hall–Kier alpha value is 0.180. The van der Waals surface area contributed by atoms with E-state index < -0.39 is 0 Å². The summed E-state index contributed by atoms with van der Waals surface area (Å²) in [5, 5.41) is 2.91. The molecule has 1 aromatic rings. The molecule has 1 radical (unpaired) electrons. The second-order valence-electron chi connectivity index (χ2n) is 1.15. The normalized spacial score (nSPS) is 9.29. The Morgan fingerprint density at radius 3 is 3.00 bits per heavy atom. The van der Waals surface area contributed by atoms with E-state index in [0.29, 0.717) is 0 Å². The van der Waals surface area contributed by atoms with Gasteiger partial charge in [-0.25, -0.2) is 0 Å². The van der Waals surface area contributed by atoms with Gasteiger partial charge in [0.05, 0.1) is 0 Å². The van der Waals surface area contributed by atoms with Gasteiger partial charge >= 0.3 is 0 Å². The molecule has 0 saturated heterocycles. The van der Waals surface area contributed by atoms with Crippen molar-refractivity contribution in [2.45, 2.75) is 5.33 Å². The molecule has 0 bridgehead atoms. The highest BCUT2D eigenvalue weighted by Gasteiger charge is 1.84. The van der Waals surface area contributed by atoms with Crippen molar-refractivity contribution in [3.63, 3.8) is 0 Å². The van der Waals surface area contributed by atoms with Crippen LogP contribution in [0.1, 0.15) is 4.88 Å². The first-order valence-corrected chi connectivity index (χ1v) is 3.93. The Labute approximate surface area is 55.3 Å². The first kappa shape index (κ1) is 5.32. The van der Waals surface area contributed by atoms with Crippen LogP contribution >= 0.6 is 27.3 Å². The van der Waals surface area contributed by atoms with Gasteiger partial charge in [-0.3, -0.25) is 0 Å². The van der Waals surface area contributed by atoms with E-state index in [9.17, 15) is 0 Å². The fraction of sp³-hybridized carbons (Fsp3) is 0.200. The van der Waals surface area contributed by atoms with Crippen molar-refractivity contribution in [1.29, 1.82) is 0 Å². The second-order valence-corrected chi connectivity index (χ2v) is 2.70. The van der Waals surface area contributed by atoms with Crippen molar-refractivity contribution in [2.75, 3.05) is 0 Å². The van der Waals surface area contributed by atoms with E-state index in [1.54, 1.807) is 11.3 Å². The predicted octanol–water partition coefficient (Wildman–Crippen LogP) is 2.44. The van der Waals surface area contributed by atoms with Gasteiger partial charge in [-0.1, -0.05) is 15.9 Å². The first-order chi connectivity index (χ1) is 3.43. The highest BCUT2D eigenvalue weighted by Crippen LogP contribution is 2.10. The summed E-state index contributed by atoms with van der Waals surface area (Å²) in [6, 6.07) is 4.95. The molecule has 0 nitrogen and oxygen atoms in total. The van der Waals surface area contributed by atoms with Crippen LogP contribution in [-0.2, 0) is 5.33 Å². The minimum absolute atomic E-state index is 0.959. The molecule has 37 valence electrons. The first-order valence-electron chi connectivity index (χ1n) is 1.93.